The Morgan fingerprint density at radius 2 is 2.11 bits per heavy atom. The molecule has 18 heavy (non-hydrogen) atoms. The minimum atomic E-state index is -0.0220. The number of nitrogens with two attached hydrogens (primary N) is 1. The van der Waals surface area contributed by atoms with Gasteiger partial charge in [0, 0.05) is 19.0 Å². The summed E-state index contributed by atoms with van der Waals surface area (Å²) < 4.78 is 11.5. The van der Waals surface area contributed by atoms with Gasteiger partial charge in [-0.2, -0.15) is 0 Å². The van der Waals surface area contributed by atoms with Gasteiger partial charge in [-0.1, -0.05) is 0 Å². The van der Waals surface area contributed by atoms with E-state index in [-0.39, 0.29) is 24.1 Å². The summed E-state index contributed by atoms with van der Waals surface area (Å²) in [4.78, 5) is 4.16. The van der Waals surface area contributed by atoms with Gasteiger partial charge in [-0.05, 0) is 26.0 Å². The number of rotatable bonds is 3. The number of ether oxygens (including phenoxy) is 2. The number of nitrogen functional groups attached to an aromatic ring is 1. The van der Waals surface area contributed by atoms with Crippen LogP contribution in [-0.2, 0) is 4.74 Å². The number of hydrogen-bond acceptors (Lipinski definition) is 4. The van der Waals surface area contributed by atoms with E-state index in [1.54, 1.807) is 18.3 Å². The van der Waals surface area contributed by atoms with E-state index in [1.165, 1.54) is 0 Å². The number of pyridine rings is 1. The van der Waals surface area contributed by atoms with Crippen LogP contribution in [0.15, 0.2) is 18.3 Å². The van der Waals surface area contributed by atoms with Crippen LogP contribution in [-0.4, -0.2) is 29.1 Å². The lowest BCUT2D eigenvalue weighted by Crippen LogP contribution is -2.36. The zero-order valence-electron chi connectivity index (χ0n) is 10.7. The largest absolute Gasteiger partial charge is 0.474 e. The van der Waals surface area contributed by atoms with Gasteiger partial charge >= 0.3 is 0 Å². The Bertz CT molecular complexity index is 426. The van der Waals surface area contributed by atoms with Gasteiger partial charge in [0.1, 0.15) is 11.9 Å². The summed E-state index contributed by atoms with van der Waals surface area (Å²) in [6.45, 7) is 4.08. The molecule has 1 fully saturated rings. The van der Waals surface area contributed by atoms with E-state index in [9.17, 15) is 0 Å². The summed E-state index contributed by atoms with van der Waals surface area (Å²) >= 11 is 0. The molecule has 5 nitrogen and oxygen atoms in total. The Balaban J connectivity index is 2.11. The zero-order valence-corrected chi connectivity index (χ0v) is 10.7. The third kappa shape index (κ3) is 2.98. The molecule has 5 heteroatoms. The van der Waals surface area contributed by atoms with Crippen molar-refractivity contribution in [3.05, 3.63) is 23.9 Å². The third-order valence-electron chi connectivity index (χ3n) is 2.99. The summed E-state index contributed by atoms with van der Waals surface area (Å²) in [6.07, 6.45) is 3.74. The van der Waals surface area contributed by atoms with Crippen LogP contribution in [0.25, 0.3) is 0 Å². The van der Waals surface area contributed by atoms with Gasteiger partial charge in [0.2, 0.25) is 5.88 Å². The highest BCUT2D eigenvalue weighted by atomic mass is 16.5. The maximum Gasteiger partial charge on any atom is 0.224 e. The average molecular weight is 249 g/mol. The average Bonchev–Trinajstić information content (AvgIpc) is 2.27. The molecule has 0 saturated carbocycles. The standard InChI is InChI=1S/C13H19N3O2/c1-8-6-10(7-9(2)17-8)18-13-11(12(14)15)4-3-5-16-13/h3-5,8-10H,6-7H2,1-2H3,(H3,14,15). The Morgan fingerprint density at radius 1 is 1.44 bits per heavy atom. The summed E-state index contributed by atoms with van der Waals surface area (Å²) in [7, 11) is 0. The molecule has 1 aliphatic heterocycles. The van der Waals surface area contributed by atoms with Gasteiger partial charge in [-0.25, -0.2) is 4.98 Å². The van der Waals surface area contributed by atoms with E-state index < -0.39 is 0 Å². The Hall–Kier alpha value is -1.62. The molecule has 2 atom stereocenters. The van der Waals surface area contributed by atoms with Crippen molar-refractivity contribution in [2.24, 2.45) is 5.73 Å². The van der Waals surface area contributed by atoms with E-state index in [4.69, 9.17) is 20.6 Å². The highest BCUT2D eigenvalue weighted by Crippen LogP contribution is 2.24. The van der Waals surface area contributed by atoms with E-state index in [2.05, 4.69) is 4.98 Å². The van der Waals surface area contributed by atoms with Crippen molar-refractivity contribution in [3.8, 4) is 5.88 Å². The van der Waals surface area contributed by atoms with Gasteiger partial charge in [-0.15, -0.1) is 0 Å². The van der Waals surface area contributed by atoms with Crippen molar-refractivity contribution < 1.29 is 9.47 Å². The molecule has 0 bridgehead atoms. The summed E-state index contributed by atoms with van der Waals surface area (Å²) in [5, 5.41) is 7.51. The van der Waals surface area contributed by atoms with Crippen molar-refractivity contribution in [1.82, 2.24) is 4.98 Å². The molecule has 0 spiro atoms. The highest BCUT2D eigenvalue weighted by molar-refractivity contribution is 5.96. The lowest BCUT2D eigenvalue weighted by Gasteiger charge is -2.32. The topological polar surface area (TPSA) is 81.2 Å². The second kappa shape index (κ2) is 5.35. The first-order valence-corrected chi connectivity index (χ1v) is 6.17. The molecule has 0 aliphatic carbocycles. The van der Waals surface area contributed by atoms with Crippen molar-refractivity contribution in [1.29, 1.82) is 5.41 Å². The quantitative estimate of drug-likeness (QED) is 0.631. The third-order valence-corrected chi connectivity index (χ3v) is 2.99. The number of aromatic nitrogens is 1. The van der Waals surface area contributed by atoms with Crippen LogP contribution in [0.2, 0.25) is 0 Å². The number of nitrogens with one attached hydrogen (secondary N) is 1. The smallest absolute Gasteiger partial charge is 0.224 e. The second-order valence-corrected chi connectivity index (χ2v) is 4.74. The van der Waals surface area contributed by atoms with Crippen LogP contribution in [0, 0.1) is 5.41 Å². The predicted molar refractivity (Wildman–Crippen MR) is 68.9 cm³/mol. The number of amidine groups is 1. The van der Waals surface area contributed by atoms with Gasteiger partial charge in [0.05, 0.1) is 17.8 Å². The summed E-state index contributed by atoms with van der Waals surface area (Å²) in [5.74, 6) is 0.419. The molecule has 2 rings (SSSR count). The first-order valence-electron chi connectivity index (χ1n) is 6.17. The van der Waals surface area contributed by atoms with Crippen molar-refractivity contribution in [2.75, 3.05) is 0 Å². The maximum atomic E-state index is 7.51. The Labute approximate surface area is 107 Å². The van der Waals surface area contributed by atoms with Crippen LogP contribution >= 0.6 is 0 Å². The molecule has 0 aromatic carbocycles. The summed E-state index contributed by atoms with van der Waals surface area (Å²) in [6, 6.07) is 3.50. The molecule has 0 amide bonds. The number of nitrogens with zero attached hydrogens (tertiary/aromatic N) is 1. The predicted octanol–water partition coefficient (Wildman–Crippen LogP) is 1.70. The molecule has 1 aliphatic rings. The van der Waals surface area contributed by atoms with Crippen molar-refractivity contribution >= 4 is 5.84 Å². The number of hydrogen-bond donors (Lipinski definition) is 2. The van der Waals surface area contributed by atoms with Crippen LogP contribution in [0.3, 0.4) is 0 Å². The normalized spacial score (nSPS) is 27.8. The lowest BCUT2D eigenvalue weighted by atomic mass is 10.0. The van der Waals surface area contributed by atoms with Crippen molar-refractivity contribution in [3.63, 3.8) is 0 Å². The van der Waals surface area contributed by atoms with Crippen molar-refractivity contribution in [2.45, 2.75) is 45.0 Å². The zero-order chi connectivity index (χ0) is 13.1. The van der Waals surface area contributed by atoms with Crippen LogP contribution in [0.5, 0.6) is 5.88 Å². The molecule has 1 aromatic rings. The SMILES string of the molecule is CC1CC(Oc2ncccc2C(=N)N)CC(C)O1. The molecule has 2 heterocycles. The maximum absolute atomic E-state index is 7.51. The first-order chi connectivity index (χ1) is 8.56. The van der Waals surface area contributed by atoms with Crippen LogP contribution in [0.4, 0.5) is 0 Å². The highest BCUT2D eigenvalue weighted by Gasteiger charge is 2.26. The molecular formula is C13H19N3O2. The summed E-state index contributed by atoms with van der Waals surface area (Å²) in [5.41, 5.74) is 6.06. The molecule has 98 valence electrons. The van der Waals surface area contributed by atoms with Crippen LogP contribution < -0.4 is 10.5 Å². The second-order valence-electron chi connectivity index (χ2n) is 4.74. The van der Waals surface area contributed by atoms with Gasteiger partial charge in [-0.3, -0.25) is 5.41 Å². The van der Waals surface area contributed by atoms with Gasteiger partial charge in [0.25, 0.3) is 0 Å². The molecule has 1 aromatic heterocycles. The fourth-order valence-corrected chi connectivity index (χ4v) is 2.29. The first kappa shape index (κ1) is 12.8. The molecular weight excluding hydrogens is 230 g/mol. The minimum Gasteiger partial charge on any atom is -0.474 e. The fraction of sp³-hybridized carbons (Fsp3) is 0.538. The van der Waals surface area contributed by atoms with Gasteiger partial charge < -0.3 is 15.2 Å². The van der Waals surface area contributed by atoms with E-state index in [0.29, 0.717) is 11.4 Å². The van der Waals surface area contributed by atoms with Gasteiger partial charge in [0.15, 0.2) is 0 Å². The molecule has 1 saturated heterocycles. The fourth-order valence-electron chi connectivity index (χ4n) is 2.29. The Morgan fingerprint density at radius 3 is 2.72 bits per heavy atom. The van der Waals surface area contributed by atoms with E-state index in [1.807, 2.05) is 13.8 Å². The Kier molecular flexibility index (Phi) is 3.81. The molecule has 2 unspecified atom stereocenters. The van der Waals surface area contributed by atoms with E-state index >= 15 is 0 Å². The monoisotopic (exact) mass is 249 g/mol. The molecule has 0 radical (unpaired) electrons. The van der Waals surface area contributed by atoms with Crippen LogP contribution in [0.1, 0.15) is 32.3 Å². The molecule has 3 N–H and O–H groups in total. The lowest BCUT2D eigenvalue weighted by molar-refractivity contribution is -0.0730. The minimum absolute atomic E-state index is 0.0220. The van der Waals surface area contributed by atoms with E-state index in [0.717, 1.165) is 12.8 Å².